The summed E-state index contributed by atoms with van der Waals surface area (Å²) in [6.07, 6.45) is 6.24. The highest BCUT2D eigenvalue weighted by Crippen LogP contribution is 2.47. The van der Waals surface area contributed by atoms with Crippen molar-refractivity contribution in [1.29, 1.82) is 0 Å². The van der Waals surface area contributed by atoms with Crippen molar-refractivity contribution in [2.45, 2.75) is 17.6 Å². The molecule has 0 saturated heterocycles. The van der Waals surface area contributed by atoms with E-state index in [0.717, 1.165) is 12.2 Å². The topological polar surface area (TPSA) is 57.8 Å². The highest BCUT2D eigenvalue weighted by Gasteiger charge is 2.41. The Morgan fingerprint density at radius 3 is 3.07 bits per heavy atom. The predicted molar refractivity (Wildman–Crippen MR) is 66.5 cm³/mol. The number of rotatable bonds is 4. The summed E-state index contributed by atoms with van der Waals surface area (Å²) in [5.74, 6) is 0. The number of hydrogen-bond donors (Lipinski definition) is 2. The fourth-order valence-corrected chi connectivity index (χ4v) is 2.41. The third-order valence-electron chi connectivity index (χ3n) is 2.64. The van der Waals surface area contributed by atoms with Gasteiger partial charge in [-0.1, -0.05) is 0 Å². The lowest BCUT2D eigenvalue weighted by Gasteiger charge is -2.14. The third-order valence-corrected chi connectivity index (χ3v) is 4.84. The minimum Gasteiger partial charge on any atom is -0.381 e. The number of nitrogens with zero attached hydrogens (tertiary/aromatic N) is 1. The first-order valence-corrected chi connectivity index (χ1v) is 6.71. The molecule has 0 aromatic carbocycles. The van der Waals surface area contributed by atoms with Crippen molar-refractivity contribution in [3.05, 3.63) is 21.0 Å². The SMILES string of the molecule is CSC1(CNc2cn[nH]c(=O)c2Br)CC1. The number of aromatic nitrogens is 2. The molecule has 15 heavy (non-hydrogen) atoms. The second kappa shape index (κ2) is 4.17. The quantitative estimate of drug-likeness (QED) is 0.888. The van der Waals surface area contributed by atoms with Crippen LogP contribution in [0.1, 0.15) is 12.8 Å². The van der Waals surface area contributed by atoms with Crippen LogP contribution in [0.4, 0.5) is 5.69 Å². The van der Waals surface area contributed by atoms with Crippen molar-refractivity contribution < 1.29 is 0 Å². The predicted octanol–water partition coefficient (Wildman–Crippen LogP) is 1.84. The van der Waals surface area contributed by atoms with Crippen LogP contribution < -0.4 is 10.9 Å². The van der Waals surface area contributed by atoms with Crippen LogP contribution in [0.3, 0.4) is 0 Å². The molecule has 2 N–H and O–H groups in total. The van der Waals surface area contributed by atoms with E-state index in [2.05, 4.69) is 37.7 Å². The summed E-state index contributed by atoms with van der Waals surface area (Å²) < 4.78 is 0.900. The Bertz CT molecular complexity index is 416. The Balaban J connectivity index is 2.05. The number of hydrogen-bond acceptors (Lipinski definition) is 4. The van der Waals surface area contributed by atoms with Gasteiger partial charge in [-0.25, -0.2) is 5.10 Å². The van der Waals surface area contributed by atoms with Gasteiger partial charge >= 0.3 is 0 Å². The van der Waals surface area contributed by atoms with E-state index in [-0.39, 0.29) is 5.56 Å². The smallest absolute Gasteiger partial charge is 0.280 e. The van der Waals surface area contributed by atoms with E-state index >= 15 is 0 Å². The first-order chi connectivity index (χ1) is 7.17. The van der Waals surface area contributed by atoms with Crippen molar-refractivity contribution in [3.63, 3.8) is 0 Å². The van der Waals surface area contributed by atoms with Gasteiger partial charge in [0, 0.05) is 11.3 Å². The molecular weight excluding hydrogens is 278 g/mol. The van der Waals surface area contributed by atoms with Crippen LogP contribution in [0, 0.1) is 0 Å². The fraction of sp³-hybridized carbons (Fsp3) is 0.556. The van der Waals surface area contributed by atoms with Crippen molar-refractivity contribution in [2.24, 2.45) is 0 Å². The standard InChI is InChI=1S/C9H12BrN3OS/c1-15-9(2-3-9)5-11-6-4-12-13-8(14)7(6)10/h4H,2-3,5H2,1H3,(H2,11,13,14). The molecule has 2 rings (SSSR count). The molecule has 0 amide bonds. The number of thioether (sulfide) groups is 1. The molecule has 1 fully saturated rings. The van der Waals surface area contributed by atoms with Gasteiger partial charge in [-0.2, -0.15) is 16.9 Å². The highest BCUT2D eigenvalue weighted by atomic mass is 79.9. The monoisotopic (exact) mass is 289 g/mol. The van der Waals surface area contributed by atoms with E-state index in [9.17, 15) is 4.79 Å². The first-order valence-electron chi connectivity index (χ1n) is 4.69. The Hall–Kier alpha value is -0.490. The van der Waals surface area contributed by atoms with Crippen LogP contribution in [0.25, 0.3) is 0 Å². The molecule has 1 aromatic heterocycles. The van der Waals surface area contributed by atoms with Gasteiger partial charge in [-0.05, 0) is 35.0 Å². The van der Waals surface area contributed by atoms with Crippen molar-refractivity contribution in [3.8, 4) is 0 Å². The normalized spacial score (nSPS) is 17.5. The van der Waals surface area contributed by atoms with Gasteiger partial charge < -0.3 is 5.32 Å². The average molecular weight is 290 g/mol. The number of H-pyrrole nitrogens is 1. The summed E-state index contributed by atoms with van der Waals surface area (Å²) in [7, 11) is 0. The van der Waals surface area contributed by atoms with Crippen molar-refractivity contribution in [2.75, 3.05) is 18.1 Å². The maximum Gasteiger partial charge on any atom is 0.280 e. The van der Waals surface area contributed by atoms with E-state index in [4.69, 9.17) is 0 Å². The van der Waals surface area contributed by atoms with Crippen LogP contribution in [-0.4, -0.2) is 27.7 Å². The number of anilines is 1. The van der Waals surface area contributed by atoms with Crippen LogP contribution in [0.15, 0.2) is 15.5 Å². The second-order valence-corrected chi connectivity index (χ2v) is 5.73. The van der Waals surface area contributed by atoms with Gasteiger partial charge in [0.05, 0.1) is 11.9 Å². The number of halogens is 1. The van der Waals surface area contributed by atoms with Gasteiger partial charge in [-0.15, -0.1) is 0 Å². The summed E-state index contributed by atoms with van der Waals surface area (Å²) in [5, 5.41) is 9.38. The van der Waals surface area contributed by atoms with Crippen molar-refractivity contribution in [1.82, 2.24) is 10.2 Å². The third kappa shape index (κ3) is 2.36. The molecule has 0 bridgehead atoms. The van der Waals surface area contributed by atoms with E-state index in [1.807, 2.05) is 11.8 Å². The molecule has 0 atom stereocenters. The summed E-state index contributed by atoms with van der Waals surface area (Å²) in [6, 6.07) is 0. The Labute approximate surface area is 100 Å². The lowest BCUT2D eigenvalue weighted by molar-refractivity contribution is 0.928. The van der Waals surface area contributed by atoms with E-state index < -0.39 is 0 Å². The number of nitrogens with one attached hydrogen (secondary N) is 2. The molecule has 1 aliphatic carbocycles. The molecule has 82 valence electrons. The first kappa shape index (κ1) is 11.0. The zero-order valence-electron chi connectivity index (χ0n) is 8.34. The molecule has 0 radical (unpaired) electrons. The molecule has 0 aliphatic heterocycles. The summed E-state index contributed by atoms with van der Waals surface area (Å²) in [5.41, 5.74) is 0.563. The molecular formula is C9H12BrN3OS. The van der Waals surface area contributed by atoms with Gasteiger partial charge in [0.25, 0.3) is 5.56 Å². The molecule has 1 saturated carbocycles. The lowest BCUT2D eigenvalue weighted by atomic mass is 10.4. The van der Waals surface area contributed by atoms with Crippen LogP contribution in [0.2, 0.25) is 0 Å². The Morgan fingerprint density at radius 1 is 1.73 bits per heavy atom. The molecule has 6 heteroatoms. The van der Waals surface area contributed by atoms with Crippen molar-refractivity contribution >= 4 is 33.4 Å². The average Bonchev–Trinajstić information content (AvgIpc) is 3.01. The Morgan fingerprint density at radius 2 is 2.47 bits per heavy atom. The molecule has 1 aliphatic rings. The molecule has 0 unspecified atom stereocenters. The largest absolute Gasteiger partial charge is 0.381 e. The second-order valence-electron chi connectivity index (χ2n) is 3.67. The van der Waals surface area contributed by atoms with Gasteiger partial charge in [0.15, 0.2) is 0 Å². The van der Waals surface area contributed by atoms with Gasteiger partial charge in [-0.3, -0.25) is 4.79 Å². The minimum absolute atomic E-state index is 0.200. The zero-order chi connectivity index (χ0) is 10.9. The zero-order valence-corrected chi connectivity index (χ0v) is 10.7. The van der Waals surface area contributed by atoms with Crippen LogP contribution in [-0.2, 0) is 0 Å². The minimum atomic E-state index is -0.200. The fourth-order valence-electron chi connectivity index (χ4n) is 1.36. The summed E-state index contributed by atoms with van der Waals surface area (Å²) in [6.45, 7) is 0.887. The van der Waals surface area contributed by atoms with Gasteiger partial charge in [0.1, 0.15) is 4.47 Å². The van der Waals surface area contributed by atoms with E-state index in [0.29, 0.717) is 9.22 Å². The van der Waals surface area contributed by atoms with Crippen LogP contribution >= 0.6 is 27.7 Å². The van der Waals surface area contributed by atoms with Gasteiger partial charge in [0.2, 0.25) is 0 Å². The highest BCUT2D eigenvalue weighted by molar-refractivity contribution is 9.10. The van der Waals surface area contributed by atoms with E-state index in [1.54, 1.807) is 6.20 Å². The number of aromatic amines is 1. The maximum atomic E-state index is 11.2. The Kier molecular flexibility index (Phi) is 3.06. The van der Waals surface area contributed by atoms with Crippen LogP contribution in [0.5, 0.6) is 0 Å². The molecule has 0 spiro atoms. The lowest BCUT2D eigenvalue weighted by Crippen LogP contribution is -2.20. The molecule has 4 nitrogen and oxygen atoms in total. The summed E-state index contributed by atoms with van der Waals surface area (Å²) >= 11 is 5.12. The molecule has 1 heterocycles. The van der Waals surface area contributed by atoms with E-state index in [1.165, 1.54) is 12.8 Å². The maximum absolute atomic E-state index is 11.2. The summed E-state index contributed by atoms with van der Waals surface area (Å²) in [4.78, 5) is 11.2. The molecule has 1 aromatic rings.